The fourth-order valence-electron chi connectivity index (χ4n) is 2.47. The second kappa shape index (κ2) is 4.09. The summed E-state index contributed by atoms with van der Waals surface area (Å²) < 4.78 is 0. The van der Waals surface area contributed by atoms with Crippen LogP contribution in [0, 0.1) is 0 Å². The van der Waals surface area contributed by atoms with Crippen molar-refractivity contribution in [3.05, 3.63) is 0 Å². The summed E-state index contributed by atoms with van der Waals surface area (Å²) in [6.07, 6.45) is 0.721. The highest BCUT2D eigenvalue weighted by molar-refractivity contribution is 7.00. The number of hydrogen-bond donors (Lipinski definition) is 0. The Balaban J connectivity index is 4.89. The first kappa shape index (κ1) is 13.1. The van der Waals surface area contributed by atoms with Crippen molar-refractivity contribution in [2.24, 2.45) is 0 Å². The Morgan fingerprint density at radius 3 is 1.38 bits per heavy atom. The maximum absolute atomic E-state index is 11.9. The van der Waals surface area contributed by atoms with Crippen LogP contribution >= 0.6 is 0 Å². The van der Waals surface area contributed by atoms with E-state index in [0.717, 1.165) is 6.42 Å². The highest BCUT2D eigenvalue weighted by Crippen LogP contribution is 2.33. The summed E-state index contributed by atoms with van der Waals surface area (Å²) in [4.78, 5) is 11.9. The highest BCUT2D eigenvalue weighted by atomic mass is 28.4. The zero-order valence-electron chi connectivity index (χ0n) is 10.2. The van der Waals surface area contributed by atoms with Gasteiger partial charge in [-0.1, -0.05) is 46.2 Å². The van der Waals surface area contributed by atoms with E-state index in [1.807, 2.05) is 6.92 Å². The standard InChI is InChI=1S/C10H24OSi2/c1-8-9(11)10(12(2,3)4)13(5,6)7/h10H,8H2,1-7H3. The molecule has 0 heterocycles. The van der Waals surface area contributed by atoms with Crippen LogP contribution in [0.5, 0.6) is 0 Å². The van der Waals surface area contributed by atoms with E-state index in [1.54, 1.807) is 0 Å². The van der Waals surface area contributed by atoms with Gasteiger partial charge >= 0.3 is 0 Å². The molecule has 0 saturated carbocycles. The fraction of sp³-hybridized carbons (Fsp3) is 0.900. The van der Waals surface area contributed by atoms with E-state index in [1.165, 1.54) is 0 Å². The quantitative estimate of drug-likeness (QED) is 0.657. The topological polar surface area (TPSA) is 17.1 Å². The van der Waals surface area contributed by atoms with Crippen molar-refractivity contribution in [1.82, 2.24) is 0 Å². The molecule has 0 aromatic heterocycles. The molecule has 0 aromatic carbocycles. The van der Waals surface area contributed by atoms with Crippen molar-refractivity contribution < 1.29 is 4.79 Å². The largest absolute Gasteiger partial charge is 0.300 e. The molecule has 3 heteroatoms. The van der Waals surface area contributed by atoms with Gasteiger partial charge in [0.2, 0.25) is 0 Å². The van der Waals surface area contributed by atoms with Crippen molar-refractivity contribution in [2.45, 2.75) is 57.8 Å². The number of carbonyl (C=O) groups excluding carboxylic acids is 1. The van der Waals surface area contributed by atoms with Crippen LogP contribution in [0.1, 0.15) is 13.3 Å². The van der Waals surface area contributed by atoms with Gasteiger partial charge in [0.05, 0.1) is 16.1 Å². The van der Waals surface area contributed by atoms with Gasteiger partial charge in [-0.2, -0.15) is 0 Å². The molecule has 0 fully saturated rings. The minimum atomic E-state index is -1.29. The first-order chi connectivity index (χ1) is 5.60. The fourth-order valence-corrected chi connectivity index (χ4v) is 15.2. The Morgan fingerprint density at radius 2 is 1.31 bits per heavy atom. The van der Waals surface area contributed by atoms with E-state index in [2.05, 4.69) is 39.3 Å². The lowest BCUT2D eigenvalue weighted by molar-refractivity contribution is -0.117. The lowest BCUT2D eigenvalue weighted by atomic mass is 10.3. The highest BCUT2D eigenvalue weighted by Gasteiger charge is 2.41. The summed E-state index contributed by atoms with van der Waals surface area (Å²) >= 11 is 0. The Bertz CT molecular complexity index is 172. The van der Waals surface area contributed by atoms with Crippen molar-refractivity contribution >= 4 is 21.9 Å². The number of carbonyl (C=O) groups is 1. The molecule has 0 aromatic rings. The number of rotatable bonds is 4. The molecule has 1 nitrogen and oxygen atoms in total. The zero-order chi connectivity index (χ0) is 10.9. The van der Waals surface area contributed by atoms with Crippen molar-refractivity contribution in [1.29, 1.82) is 0 Å². The van der Waals surface area contributed by atoms with Gasteiger partial charge in [-0.3, -0.25) is 0 Å². The van der Waals surface area contributed by atoms with Crippen LogP contribution in [-0.2, 0) is 4.79 Å². The van der Waals surface area contributed by atoms with Crippen LogP contribution < -0.4 is 0 Å². The molecule has 78 valence electrons. The zero-order valence-corrected chi connectivity index (χ0v) is 12.2. The third-order valence-electron chi connectivity index (χ3n) is 2.40. The number of hydrogen-bond acceptors (Lipinski definition) is 1. The van der Waals surface area contributed by atoms with Crippen molar-refractivity contribution in [3.63, 3.8) is 0 Å². The molecule has 0 radical (unpaired) electrons. The van der Waals surface area contributed by atoms with Crippen LogP contribution in [-0.4, -0.2) is 21.9 Å². The summed E-state index contributed by atoms with van der Waals surface area (Å²) in [7, 11) is -2.59. The minimum Gasteiger partial charge on any atom is -0.300 e. The molecule has 0 amide bonds. The smallest absolute Gasteiger partial charge is 0.130 e. The SMILES string of the molecule is CCC(=O)C([Si](C)(C)C)[Si](C)(C)C. The third kappa shape index (κ3) is 3.77. The van der Waals surface area contributed by atoms with E-state index in [4.69, 9.17) is 0 Å². The van der Waals surface area contributed by atoms with Gasteiger partial charge in [0.25, 0.3) is 0 Å². The van der Waals surface area contributed by atoms with E-state index in [-0.39, 0.29) is 0 Å². The molecule has 0 aliphatic heterocycles. The normalized spacial score (nSPS) is 13.5. The van der Waals surface area contributed by atoms with Gasteiger partial charge in [0.1, 0.15) is 5.78 Å². The summed E-state index contributed by atoms with van der Waals surface area (Å²) in [6, 6.07) is 0. The Morgan fingerprint density at radius 1 is 1.00 bits per heavy atom. The van der Waals surface area contributed by atoms with Crippen LogP contribution in [0.15, 0.2) is 0 Å². The summed E-state index contributed by atoms with van der Waals surface area (Å²) in [6.45, 7) is 15.9. The Kier molecular flexibility index (Phi) is 4.12. The van der Waals surface area contributed by atoms with Gasteiger partial charge in [-0.25, -0.2) is 0 Å². The molecule has 0 bridgehead atoms. The lowest BCUT2D eigenvalue weighted by Crippen LogP contribution is -2.47. The Labute approximate surface area is 84.9 Å². The molecule has 0 aliphatic rings. The molecule has 0 atom stereocenters. The predicted molar refractivity (Wildman–Crippen MR) is 65.7 cm³/mol. The van der Waals surface area contributed by atoms with Gasteiger partial charge in [0.15, 0.2) is 0 Å². The first-order valence-electron chi connectivity index (χ1n) is 5.13. The molecule has 0 aliphatic carbocycles. The molecule has 0 unspecified atom stereocenters. The van der Waals surface area contributed by atoms with Crippen molar-refractivity contribution in [2.75, 3.05) is 0 Å². The average Bonchev–Trinajstić information content (AvgIpc) is 1.80. The van der Waals surface area contributed by atoms with Gasteiger partial charge < -0.3 is 4.79 Å². The van der Waals surface area contributed by atoms with Gasteiger partial charge in [0, 0.05) is 11.6 Å². The van der Waals surface area contributed by atoms with Crippen LogP contribution in [0.3, 0.4) is 0 Å². The van der Waals surface area contributed by atoms with Gasteiger partial charge in [-0.05, 0) is 0 Å². The van der Waals surface area contributed by atoms with Gasteiger partial charge in [-0.15, -0.1) is 0 Å². The number of ketones is 1. The molecule has 0 N–H and O–H groups in total. The van der Waals surface area contributed by atoms with E-state index < -0.39 is 16.1 Å². The predicted octanol–water partition coefficient (Wildman–Crippen LogP) is 3.55. The molecule has 0 spiro atoms. The summed E-state index contributed by atoms with van der Waals surface area (Å²) in [5.41, 5.74) is 0. The molecule has 0 saturated heterocycles. The second-order valence-electron chi connectivity index (χ2n) is 5.98. The van der Waals surface area contributed by atoms with E-state index in [0.29, 0.717) is 10.9 Å². The Hall–Kier alpha value is 0.104. The molecule has 13 heavy (non-hydrogen) atoms. The third-order valence-corrected chi connectivity index (χ3v) is 11.7. The van der Waals surface area contributed by atoms with E-state index in [9.17, 15) is 4.79 Å². The molecular weight excluding hydrogens is 192 g/mol. The molecular formula is C10H24OSi2. The van der Waals surface area contributed by atoms with Crippen LogP contribution in [0.2, 0.25) is 44.4 Å². The molecule has 0 rings (SSSR count). The second-order valence-corrected chi connectivity index (χ2v) is 17.2. The maximum atomic E-state index is 11.9. The van der Waals surface area contributed by atoms with E-state index >= 15 is 0 Å². The number of Topliss-reactive ketones (excluding diaryl/α,β-unsaturated/α-hetero) is 1. The van der Waals surface area contributed by atoms with Crippen LogP contribution in [0.4, 0.5) is 0 Å². The first-order valence-corrected chi connectivity index (χ1v) is 12.3. The summed E-state index contributed by atoms with van der Waals surface area (Å²) in [5, 5.41) is 0.435. The lowest BCUT2D eigenvalue weighted by Gasteiger charge is -2.36. The van der Waals surface area contributed by atoms with Crippen LogP contribution in [0.25, 0.3) is 0 Å². The van der Waals surface area contributed by atoms with Crippen molar-refractivity contribution in [3.8, 4) is 0 Å². The maximum Gasteiger partial charge on any atom is 0.130 e. The monoisotopic (exact) mass is 216 g/mol. The minimum absolute atomic E-state index is 0.435. The average molecular weight is 216 g/mol. The summed E-state index contributed by atoms with van der Waals surface area (Å²) in [5.74, 6) is 0.512.